The third-order valence-corrected chi connectivity index (χ3v) is 4.09. The lowest BCUT2D eigenvalue weighted by Gasteiger charge is -2.09. The highest BCUT2D eigenvalue weighted by Crippen LogP contribution is 2.16. The van der Waals surface area contributed by atoms with Crippen LogP contribution >= 0.6 is 0 Å². The third kappa shape index (κ3) is 4.90. The Morgan fingerprint density at radius 2 is 1.21 bits per heavy atom. The van der Waals surface area contributed by atoms with Gasteiger partial charge < -0.3 is 10.6 Å². The molecule has 3 aromatic rings. The lowest BCUT2D eigenvalue weighted by Crippen LogP contribution is -2.16. The molecule has 0 unspecified atom stereocenters. The first-order chi connectivity index (χ1) is 13.8. The fourth-order valence-electron chi connectivity index (χ4n) is 2.60. The van der Waals surface area contributed by atoms with Gasteiger partial charge in [-0.05, 0) is 49.4 Å². The number of rotatable bonds is 5. The quantitative estimate of drug-likeness (QED) is 0.618. The van der Waals surface area contributed by atoms with Crippen LogP contribution in [0.1, 0.15) is 38.0 Å². The van der Waals surface area contributed by atoms with Crippen molar-refractivity contribution in [2.45, 2.75) is 6.92 Å². The summed E-state index contributed by atoms with van der Waals surface area (Å²) in [6.45, 7) is 1.43. The molecule has 0 saturated carbocycles. The molecule has 146 valence electrons. The maximum Gasteiger partial charge on any atom is 0.255 e. The molecule has 2 amide bonds. The molecule has 0 saturated heterocycles. The minimum atomic E-state index is -1.08. The summed E-state index contributed by atoms with van der Waals surface area (Å²) in [5.41, 5.74) is 1.38. The van der Waals surface area contributed by atoms with Gasteiger partial charge in [-0.1, -0.05) is 18.2 Å². The van der Waals surface area contributed by atoms with E-state index in [4.69, 9.17) is 0 Å². The van der Waals surface area contributed by atoms with Gasteiger partial charge in [0.15, 0.2) is 17.4 Å². The van der Waals surface area contributed by atoms with E-state index in [-0.39, 0.29) is 22.6 Å². The molecule has 0 radical (unpaired) electrons. The standard InChI is InChI=1S/C22H16F2N2O3/c1-13(27)14-4-3-7-17(11-14)25-21(28)15-5-2-6-16(10-15)22(29)26-18-8-9-19(23)20(24)12-18/h2-12H,1H3,(H,25,28)(H,26,29). The third-order valence-electron chi connectivity index (χ3n) is 4.09. The van der Waals surface area contributed by atoms with E-state index in [1.807, 2.05) is 0 Å². The Balaban J connectivity index is 1.75. The van der Waals surface area contributed by atoms with Gasteiger partial charge in [0.1, 0.15) is 0 Å². The largest absolute Gasteiger partial charge is 0.322 e. The number of hydrogen-bond acceptors (Lipinski definition) is 3. The molecule has 0 fully saturated rings. The van der Waals surface area contributed by atoms with Gasteiger partial charge in [0.25, 0.3) is 11.8 Å². The van der Waals surface area contributed by atoms with Crippen LogP contribution in [-0.2, 0) is 0 Å². The van der Waals surface area contributed by atoms with Crippen molar-refractivity contribution in [2.24, 2.45) is 0 Å². The number of carbonyl (C=O) groups is 3. The van der Waals surface area contributed by atoms with Gasteiger partial charge in [-0.2, -0.15) is 0 Å². The Morgan fingerprint density at radius 1 is 0.655 bits per heavy atom. The molecule has 0 bridgehead atoms. The fraction of sp³-hybridized carbons (Fsp3) is 0.0455. The minimum Gasteiger partial charge on any atom is -0.322 e. The number of halogens is 2. The highest BCUT2D eigenvalue weighted by atomic mass is 19.2. The van der Waals surface area contributed by atoms with Crippen molar-refractivity contribution in [3.05, 3.63) is 95.1 Å². The van der Waals surface area contributed by atoms with E-state index >= 15 is 0 Å². The first-order valence-corrected chi connectivity index (χ1v) is 8.62. The molecule has 0 atom stereocenters. The number of hydrogen-bond donors (Lipinski definition) is 2. The molecule has 0 aliphatic heterocycles. The van der Waals surface area contributed by atoms with Crippen molar-refractivity contribution in [3.8, 4) is 0 Å². The van der Waals surface area contributed by atoms with Gasteiger partial charge in [0.05, 0.1) is 0 Å². The highest BCUT2D eigenvalue weighted by Gasteiger charge is 2.13. The zero-order valence-electron chi connectivity index (χ0n) is 15.3. The van der Waals surface area contributed by atoms with Gasteiger partial charge in [-0.3, -0.25) is 14.4 Å². The van der Waals surface area contributed by atoms with Crippen molar-refractivity contribution in [1.82, 2.24) is 0 Å². The van der Waals surface area contributed by atoms with Crippen molar-refractivity contribution in [1.29, 1.82) is 0 Å². The maximum absolute atomic E-state index is 13.3. The van der Waals surface area contributed by atoms with Gasteiger partial charge >= 0.3 is 0 Å². The topological polar surface area (TPSA) is 75.3 Å². The molecule has 0 aromatic heterocycles. The first-order valence-electron chi connectivity index (χ1n) is 8.62. The van der Waals surface area contributed by atoms with Crippen LogP contribution in [0.2, 0.25) is 0 Å². The van der Waals surface area contributed by atoms with Crippen LogP contribution in [0.5, 0.6) is 0 Å². The molecule has 7 heteroatoms. The van der Waals surface area contributed by atoms with Crippen LogP contribution in [0.3, 0.4) is 0 Å². The minimum absolute atomic E-state index is 0.0878. The van der Waals surface area contributed by atoms with E-state index in [1.54, 1.807) is 24.3 Å². The Kier molecular flexibility index (Phi) is 5.78. The van der Waals surface area contributed by atoms with Crippen LogP contribution in [0.4, 0.5) is 20.2 Å². The van der Waals surface area contributed by atoms with E-state index in [0.29, 0.717) is 11.3 Å². The van der Waals surface area contributed by atoms with Crippen molar-refractivity contribution < 1.29 is 23.2 Å². The summed E-state index contributed by atoms with van der Waals surface area (Å²) in [7, 11) is 0. The summed E-state index contributed by atoms with van der Waals surface area (Å²) in [4.78, 5) is 36.3. The Labute approximate surface area is 165 Å². The Bertz CT molecular complexity index is 1110. The number of anilines is 2. The van der Waals surface area contributed by atoms with Crippen LogP contribution < -0.4 is 10.6 Å². The van der Waals surface area contributed by atoms with E-state index in [0.717, 1.165) is 12.1 Å². The van der Waals surface area contributed by atoms with Crippen molar-refractivity contribution in [3.63, 3.8) is 0 Å². The van der Waals surface area contributed by atoms with Crippen molar-refractivity contribution in [2.75, 3.05) is 10.6 Å². The molecular weight excluding hydrogens is 378 g/mol. The van der Waals surface area contributed by atoms with Gasteiger partial charge in [-0.25, -0.2) is 8.78 Å². The molecule has 29 heavy (non-hydrogen) atoms. The predicted octanol–water partition coefficient (Wildman–Crippen LogP) is 4.67. The molecule has 0 aliphatic rings. The Hall–Kier alpha value is -3.87. The smallest absolute Gasteiger partial charge is 0.255 e. The molecule has 0 spiro atoms. The number of carbonyl (C=O) groups excluding carboxylic acids is 3. The monoisotopic (exact) mass is 394 g/mol. The summed E-state index contributed by atoms with van der Waals surface area (Å²) in [5.74, 6) is -3.27. The molecule has 0 aliphatic carbocycles. The summed E-state index contributed by atoms with van der Waals surface area (Å²) < 4.78 is 26.3. The number of nitrogens with one attached hydrogen (secondary N) is 2. The lowest BCUT2D eigenvalue weighted by atomic mass is 10.1. The summed E-state index contributed by atoms with van der Waals surface area (Å²) in [5, 5.41) is 5.12. The zero-order valence-corrected chi connectivity index (χ0v) is 15.3. The van der Waals surface area contributed by atoms with E-state index < -0.39 is 23.4 Å². The Morgan fingerprint density at radius 3 is 1.79 bits per heavy atom. The number of amides is 2. The van der Waals surface area contributed by atoms with Crippen LogP contribution in [0, 0.1) is 11.6 Å². The van der Waals surface area contributed by atoms with E-state index in [9.17, 15) is 23.2 Å². The summed E-state index contributed by atoms with van der Waals surface area (Å²) >= 11 is 0. The van der Waals surface area contributed by atoms with Crippen LogP contribution in [0.15, 0.2) is 66.7 Å². The summed E-state index contributed by atoms with van der Waals surface area (Å²) in [6, 6.07) is 15.4. The van der Waals surface area contributed by atoms with Crippen LogP contribution in [0.25, 0.3) is 0 Å². The second-order valence-electron chi connectivity index (χ2n) is 6.25. The predicted molar refractivity (Wildman–Crippen MR) is 105 cm³/mol. The van der Waals surface area contributed by atoms with Gasteiger partial charge in [0, 0.05) is 34.1 Å². The van der Waals surface area contributed by atoms with Crippen molar-refractivity contribution >= 4 is 29.0 Å². The molecule has 2 N–H and O–H groups in total. The fourth-order valence-corrected chi connectivity index (χ4v) is 2.60. The summed E-state index contributed by atoms with van der Waals surface area (Å²) in [6.07, 6.45) is 0. The molecule has 3 rings (SSSR count). The zero-order chi connectivity index (χ0) is 21.0. The SMILES string of the molecule is CC(=O)c1cccc(NC(=O)c2cccc(C(=O)Nc3ccc(F)c(F)c3)c2)c1. The molecule has 5 nitrogen and oxygen atoms in total. The average molecular weight is 394 g/mol. The molecule has 0 heterocycles. The van der Waals surface area contributed by atoms with Gasteiger partial charge in [0.2, 0.25) is 0 Å². The van der Waals surface area contributed by atoms with E-state index in [2.05, 4.69) is 10.6 Å². The maximum atomic E-state index is 13.3. The number of ketones is 1. The number of benzene rings is 3. The first kappa shape index (κ1) is 19.9. The van der Waals surface area contributed by atoms with Crippen LogP contribution in [-0.4, -0.2) is 17.6 Å². The molecule has 3 aromatic carbocycles. The second kappa shape index (κ2) is 8.43. The normalized spacial score (nSPS) is 10.3. The average Bonchev–Trinajstić information content (AvgIpc) is 2.71. The second-order valence-corrected chi connectivity index (χ2v) is 6.25. The van der Waals surface area contributed by atoms with E-state index in [1.165, 1.54) is 37.3 Å². The highest BCUT2D eigenvalue weighted by molar-refractivity contribution is 6.09. The molecular formula is C22H16F2N2O3. The van der Waals surface area contributed by atoms with Gasteiger partial charge in [-0.15, -0.1) is 0 Å². The lowest BCUT2D eigenvalue weighted by molar-refractivity contribution is 0.100. The number of Topliss-reactive ketones (excluding diaryl/α,β-unsaturated/α-hetero) is 1.